The molecule has 0 bridgehead atoms. The predicted molar refractivity (Wildman–Crippen MR) is 78.6 cm³/mol. The highest BCUT2D eigenvalue weighted by Crippen LogP contribution is 2.30. The Balaban J connectivity index is 2.08. The fourth-order valence-electron chi connectivity index (χ4n) is 1.85. The molecule has 0 radical (unpaired) electrons. The van der Waals surface area contributed by atoms with Gasteiger partial charge in [0.1, 0.15) is 5.82 Å². The fourth-order valence-corrected chi connectivity index (χ4v) is 2.33. The molecule has 0 saturated heterocycles. The van der Waals surface area contributed by atoms with Crippen molar-refractivity contribution >= 4 is 27.5 Å². The smallest absolute Gasteiger partial charge is 0.147 e. The third kappa shape index (κ3) is 3.53. The second kappa shape index (κ2) is 6.46. The highest BCUT2D eigenvalue weighted by atomic mass is 79.9. The average Bonchev–Trinajstić information content (AvgIpc) is 2.43. The molecular weight excluding hydrogens is 331 g/mol. The van der Waals surface area contributed by atoms with Gasteiger partial charge in [-0.05, 0) is 46.5 Å². The van der Waals surface area contributed by atoms with Crippen LogP contribution in [-0.4, -0.2) is 4.98 Å². The number of aromatic nitrogens is 1. The van der Waals surface area contributed by atoms with E-state index >= 15 is 0 Å². The summed E-state index contributed by atoms with van der Waals surface area (Å²) in [5.74, 6) is -0.449. The van der Waals surface area contributed by atoms with Gasteiger partial charge in [-0.25, -0.2) is 4.39 Å². The first-order valence-electron chi connectivity index (χ1n) is 5.87. The van der Waals surface area contributed by atoms with Crippen LogP contribution in [0.1, 0.15) is 23.6 Å². The van der Waals surface area contributed by atoms with Gasteiger partial charge in [-0.1, -0.05) is 23.7 Å². The van der Waals surface area contributed by atoms with Crippen molar-refractivity contribution < 1.29 is 4.39 Å². The molecule has 0 saturated carbocycles. The number of halogens is 3. The summed E-state index contributed by atoms with van der Waals surface area (Å²) in [6.45, 7) is 0. The van der Waals surface area contributed by atoms with Crippen molar-refractivity contribution in [3.63, 3.8) is 0 Å². The minimum absolute atomic E-state index is 0.0781. The van der Waals surface area contributed by atoms with E-state index in [9.17, 15) is 4.39 Å². The van der Waals surface area contributed by atoms with Gasteiger partial charge in [-0.3, -0.25) is 4.98 Å². The molecule has 1 unspecified atom stereocenters. The third-order valence-corrected chi connectivity index (χ3v) is 4.19. The van der Waals surface area contributed by atoms with Crippen molar-refractivity contribution in [2.24, 2.45) is 5.73 Å². The van der Waals surface area contributed by atoms with Crippen LogP contribution in [0.2, 0.25) is 5.02 Å². The lowest BCUT2D eigenvalue weighted by atomic mass is 10.00. The lowest BCUT2D eigenvalue weighted by Gasteiger charge is -2.14. The highest BCUT2D eigenvalue weighted by Gasteiger charge is 2.16. The summed E-state index contributed by atoms with van der Waals surface area (Å²) in [5, 5.41) is 0.0781. The van der Waals surface area contributed by atoms with Crippen molar-refractivity contribution in [3.8, 4) is 0 Å². The molecule has 1 atom stereocenters. The zero-order chi connectivity index (χ0) is 13.8. The molecule has 0 amide bonds. The predicted octanol–water partition coefficient (Wildman–Crippen LogP) is 4.27. The molecule has 0 aliphatic carbocycles. The number of benzene rings is 1. The molecular formula is C14H13BrClFN2. The van der Waals surface area contributed by atoms with E-state index in [4.69, 9.17) is 17.3 Å². The third-order valence-electron chi connectivity index (χ3n) is 2.93. The SMILES string of the molecule is NC(CCc1cccnc1)c1ccc(Br)c(Cl)c1F. The van der Waals surface area contributed by atoms with Gasteiger partial charge >= 0.3 is 0 Å². The van der Waals surface area contributed by atoms with Crippen molar-refractivity contribution in [1.82, 2.24) is 4.98 Å². The van der Waals surface area contributed by atoms with Crippen LogP contribution in [0, 0.1) is 5.82 Å². The maximum absolute atomic E-state index is 14.0. The average molecular weight is 344 g/mol. The monoisotopic (exact) mass is 342 g/mol. The summed E-state index contributed by atoms with van der Waals surface area (Å²) in [6, 6.07) is 6.85. The van der Waals surface area contributed by atoms with Gasteiger partial charge in [0.05, 0.1) is 5.02 Å². The summed E-state index contributed by atoms with van der Waals surface area (Å²) >= 11 is 9.04. The van der Waals surface area contributed by atoms with Crippen LogP contribution in [0.3, 0.4) is 0 Å². The van der Waals surface area contributed by atoms with Crippen LogP contribution in [0.15, 0.2) is 41.1 Å². The number of nitrogens with zero attached hydrogens (tertiary/aromatic N) is 1. The van der Waals surface area contributed by atoms with Crippen LogP contribution in [-0.2, 0) is 6.42 Å². The first kappa shape index (κ1) is 14.4. The maximum atomic E-state index is 14.0. The quantitative estimate of drug-likeness (QED) is 0.842. The van der Waals surface area contributed by atoms with E-state index in [0.717, 1.165) is 12.0 Å². The molecule has 1 heterocycles. The molecule has 0 aliphatic rings. The molecule has 0 aliphatic heterocycles. The van der Waals surface area contributed by atoms with E-state index in [2.05, 4.69) is 20.9 Å². The first-order chi connectivity index (χ1) is 9.09. The van der Waals surface area contributed by atoms with E-state index in [1.807, 2.05) is 12.1 Å². The van der Waals surface area contributed by atoms with Crippen LogP contribution in [0.4, 0.5) is 4.39 Å². The number of hydrogen-bond acceptors (Lipinski definition) is 2. The Bertz CT molecular complexity index is 563. The zero-order valence-electron chi connectivity index (χ0n) is 10.1. The number of rotatable bonds is 4. The molecule has 1 aromatic heterocycles. The number of nitrogens with two attached hydrogens (primary N) is 1. The van der Waals surface area contributed by atoms with E-state index in [0.29, 0.717) is 16.5 Å². The maximum Gasteiger partial charge on any atom is 0.147 e. The topological polar surface area (TPSA) is 38.9 Å². The molecule has 2 rings (SSSR count). The van der Waals surface area contributed by atoms with Gasteiger partial charge in [0.25, 0.3) is 0 Å². The summed E-state index contributed by atoms with van der Waals surface area (Å²) in [6.07, 6.45) is 4.90. The number of pyridine rings is 1. The molecule has 100 valence electrons. The van der Waals surface area contributed by atoms with E-state index in [1.54, 1.807) is 24.5 Å². The molecule has 5 heteroatoms. The normalized spacial score (nSPS) is 12.4. The standard InChI is InChI=1S/C14H13BrClFN2/c15-11-5-4-10(14(17)13(11)16)12(18)6-3-9-2-1-7-19-8-9/h1-2,4-5,7-8,12H,3,6,18H2. The van der Waals surface area contributed by atoms with Gasteiger partial charge in [-0.15, -0.1) is 0 Å². The van der Waals surface area contributed by atoms with Crippen molar-refractivity contribution in [1.29, 1.82) is 0 Å². The first-order valence-corrected chi connectivity index (χ1v) is 7.04. The number of aryl methyl sites for hydroxylation is 1. The van der Waals surface area contributed by atoms with Crippen LogP contribution >= 0.6 is 27.5 Å². The Morgan fingerprint density at radius 2 is 2.16 bits per heavy atom. The second-order valence-corrected chi connectivity index (χ2v) is 5.50. The molecule has 1 aromatic carbocycles. The minimum atomic E-state index is -0.449. The van der Waals surface area contributed by atoms with Gasteiger partial charge in [0.15, 0.2) is 0 Å². The fraction of sp³-hybridized carbons (Fsp3) is 0.214. The number of hydrogen-bond donors (Lipinski definition) is 1. The molecule has 2 N–H and O–H groups in total. The van der Waals surface area contributed by atoms with E-state index < -0.39 is 5.82 Å². The lowest BCUT2D eigenvalue weighted by Crippen LogP contribution is -2.13. The molecule has 2 aromatic rings. The Morgan fingerprint density at radius 3 is 2.84 bits per heavy atom. The van der Waals surface area contributed by atoms with Crippen LogP contribution in [0.25, 0.3) is 0 Å². The minimum Gasteiger partial charge on any atom is -0.324 e. The Hall–Kier alpha value is -0.970. The van der Waals surface area contributed by atoms with Gasteiger partial charge in [0, 0.05) is 28.5 Å². The summed E-state index contributed by atoms with van der Waals surface area (Å²) in [5.41, 5.74) is 7.55. The summed E-state index contributed by atoms with van der Waals surface area (Å²) < 4.78 is 14.5. The van der Waals surface area contributed by atoms with Crippen molar-refractivity contribution in [2.45, 2.75) is 18.9 Å². The molecule has 0 spiro atoms. The van der Waals surface area contributed by atoms with Gasteiger partial charge in [-0.2, -0.15) is 0 Å². The highest BCUT2D eigenvalue weighted by molar-refractivity contribution is 9.10. The van der Waals surface area contributed by atoms with E-state index in [1.165, 1.54) is 0 Å². The van der Waals surface area contributed by atoms with Gasteiger partial charge in [0.2, 0.25) is 0 Å². The second-order valence-electron chi connectivity index (χ2n) is 4.27. The van der Waals surface area contributed by atoms with Crippen LogP contribution < -0.4 is 5.73 Å². The molecule has 19 heavy (non-hydrogen) atoms. The summed E-state index contributed by atoms with van der Waals surface area (Å²) in [7, 11) is 0. The van der Waals surface area contributed by atoms with E-state index in [-0.39, 0.29) is 11.1 Å². The largest absolute Gasteiger partial charge is 0.324 e. The Morgan fingerprint density at radius 1 is 1.37 bits per heavy atom. The Kier molecular flexibility index (Phi) is 4.91. The van der Waals surface area contributed by atoms with Crippen molar-refractivity contribution in [2.75, 3.05) is 0 Å². The van der Waals surface area contributed by atoms with Crippen LogP contribution in [0.5, 0.6) is 0 Å². The zero-order valence-corrected chi connectivity index (χ0v) is 12.5. The van der Waals surface area contributed by atoms with Gasteiger partial charge < -0.3 is 5.73 Å². The molecule has 0 fully saturated rings. The van der Waals surface area contributed by atoms with Crippen molar-refractivity contribution in [3.05, 3.63) is 63.1 Å². The Labute approximate surface area is 124 Å². The molecule has 2 nitrogen and oxygen atoms in total. The lowest BCUT2D eigenvalue weighted by molar-refractivity contribution is 0.563. The summed E-state index contributed by atoms with van der Waals surface area (Å²) in [4.78, 5) is 4.04.